The van der Waals surface area contributed by atoms with Crippen molar-refractivity contribution < 1.29 is 23.5 Å². The van der Waals surface area contributed by atoms with Gasteiger partial charge in [-0.15, -0.1) is 0 Å². The highest BCUT2D eigenvalue weighted by Gasteiger charge is 2.53. The first-order valence-corrected chi connectivity index (χ1v) is 9.38. The lowest BCUT2D eigenvalue weighted by atomic mass is 9.71. The average Bonchev–Trinajstić information content (AvgIpc) is 3.26. The summed E-state index contributed by atoms with van der Waals surface area (Å²) >= 11 is 0. The number of carbonyl (C=O) groups is 2. The van der Waals surface area contributed by atoms with Crippen LogP contribution >= 0.6 is 0 Å². The fraction of sp³-hybridized carbons (Fsp3) is 0.684. The largest absolute Gasteiger partial charge is 0.459 e. The molecule has 3 saturated heterocycles. The number of hydrogen-bond acceptors (Lipinski definition) is 5. The molecule has 1 atom stereocenters. The highest BCUT2D eigenvalue weighted by atomic mass is 16.5. The maximum absolute atomic E-state index is 13.3. The van der Waals surface area contributed by atoms with Gasteiger partial charge in [-0.1, -0.05) is 0 Å². The Kier molecular flexibility index (Phi) is 4.75. The minimum atomic E-state index is -0.191. The highest BCUT2D eigenvalue weighted by Crippen LogP contribution is 2.45. The predicted molar refractivity (Wildman–Crippen MR) is 92.7 cm³/mol. The fourth-order valence-electron chi connectivity index (χ4n) is 4.49. The van der Waals surface area contributed by atoms with Crippen LogP contribution in [0.5, 0.6) is 0 Å². The van der Waals surface area contributed by atoms with E-state index in [0.29, 0.717) is 58.4 Å². The topological polar surface area (TPSA) is 72.2 Å². The van der Waals surface area contributed by atoms with Crippen LogP contribution in [0.15, 0.2) is 16.7 Å². The zero-order valence-corrected chi connectivity index (χ0v) is 15.2. The lowest BCUT2D eigenvalue weighted by molar-refractivity contribution is -0.144. The number of amides is 2. The Morgan fingerprint density at radius 3 is 2.42 bits per heavy atom. The first-order chi connectivity index (χ1) is 12.6. The van der Waals surface area contributed by atoms with E-state index in [1.807, 2.05) is 11.8 Å². The van der Waals surface area contributed by atoms with Gasteiger partial charge in [0, 0.05) is 50.4 Å². The predicted octanol–water partition coefficient (Wildman–Crippen LogP) is 1.32. The number of rotatable bonds is 2. The van der Waals surface area contributed by atoms with Crippen LogP contribution in [0.2, 0.25) is 0 Å². The molecule has 1 spiro atoms. The van der Waals surface area contributed by atoms with Crippen LogP contribution in [-0.4, -0.2) is 74.2 Å². The number of nitrogens with zero attached hydrogens (tertiary/aromatic N) is 2. The summed E-state index contributed by atoms with van der Waals surface area (Å²) in [5.41, 5.74) is 0.642. The maximum atomic E-state index is 13.3. The zero-order valence-electron chi connectivity index (χ0n) is 15.2. The Bertz CT molecular complexity index is 673. The maximum Gasteiger partial charge on any atom is 0.289 e. The Hall–Kier alpha value is -1.86. The molecule has 2 amide bonds. The lowest BCUT2D eigenvalue weighted by Gasteiger charge is -2.39. The van der Waals surface area contributed by atoms with E-state index in [2.05, 4.69) is 0 Å². The Morgan fingerprint density at radius 1 is 1.08 bits per heavy atom. The van der Waals surface area contributed by atoms with Gasteiger partial charge >= 0.3 is 0 Å². The summed E-state index contributed by atoms with van der Waals surface area (Å²) in [5, 5.41) is 0. The van der Waals surface area contributed by atoms with E-state index in [-0.39, 0.29) is 23.1 Å². The van der Waals surface area contributed by atoms with Gasteiger partial charge in [0.15, 0.2) is 5.76 Å². The van der Waals surface area contributed by atoms with E-state index in [4.69, 9.17) is 13.9 Å². The molecule has 1 aromatic heterocycles. The monoisotopic (exact) mass is 362 g/mol. The molecule has 7 nitrogen and oxygen atoms in total. The van der Waals surface area contributed by atoms with Gasteiger partial charge in [0.05, 0.1) is 25.4 Å². The van der Waals surface area contributed by atoms with E-state index in [0.717, 1.165) is 18.4 Å². The van der Waals surface area contributed by atoms with Gasteiger partial charge in [0.2, 0.25) is 5.91 Å². The van der Waals surface area contributed by atoms with E-state index >= 15 is 0 Å². The fourth-order valence-corrected chi connectivity index (χ4v) is 4.49. The Morgan fingerprint density at radius 2 is 1.77 bits per heavy atom. The van der Waals surface area contributed by atoms with Gasteiger partial charge in [-0.3, -0.25) is 9.59 Å². The van der Waals surface area contributed by atoms with Crippen LogP contribution in [0.25, 0.3) is 0 Å². The number of ether oxygens (including phenoxy) is 2. The van der Waals surface area contributed by atoms with Gasteiger partial charge < -0.3 is 23.7 Å². The second kappa shape index (κ2) is 7.04. The quantitative estimate of drug-likeness (QED) is 0.793. The number of furan rings is 1. The molecule has 0 N–H and O–H groups in total. The molecule has 7 heteroatoms. The second-order valence-electron chi connectivity index (χ2n) is 7.58. The molecule has 0 unspecified atom stereocenters. The summed E-state index contributed by atoms with van der Waals surface area (Å²) in [6.07, 6.45) is 3.17. The molecule has 142 valence electrons. The summed E-state index contributed by atoms with van der Waals surface area (Å²) in [4.78, 5) is 29.9. The van der Waals surface area contributed by atoms with Crippen LogP contribution in [-0.2, 0) is 14.3 Å². The van der Waals surface area contributed by atoms with Crippen molar-refractivity contribution in [1.29, 1.82) is 0 Å². The van der Waals surface area contributed by atoms with Crippen LogP contribution < -0.4 is 0 Å². The van der Waals surface area contributed by atoms with Crippen molar-refractivity contribution in [2.75, 3.05) is 52.6 Å². The molecular weight excluding hydrogens is 336 g/mol. The molecule has 0 saturated carbocycles. The van der Waals surface area contributed by atoms with Crippen LogP contribution in [0.1, 0.15) is 29.0 Å². The van der Waals surface area contributed by atoms with Crippen molar-refractivity contribution in [1.82, 2.24) is 9.80 Å². The molecule has 26 heavy (non-hydrogen) atoms. The summed E-state index contributed by atoms with van der Waals surface area (Å²) in [6, 6.07) is 1.80. The normalized spacial score (nSPS) is 25.7. The van der Waals surface area contributed by atoms with Gasteiger partial charge in [-0.2, -0.15) is 0 Å². The van der Waals surface area contributed by atoms with Crippen LogP contribution in [0, 0.1) is 18.3 Å². The molecule has 4 rings (SSSR count). The molecule has 3 fully saturated rings. The molecule has 3 aliphatic heterocycles. The summed E-state index contributed by atoms with van der Waals surface area (Å²) in [5.74, 6) is 0.243. The molecule has 0 radical (unpaired) electrons. The third-order valence-corrected chi connectivity index (χ3v) is 6.10. The molecule has 0 bridgehead atoms. The second-order valence-corrected chi connectivity index (χ2v) is 7.58. The van der Waals surface area contributed by atoms with Gasteiger partial charge in [-0.05, 0) is 25.8 Å². The van der Waals surface area contributed by atoms with Crippen LogP contribution in [0.4, 0.5) is 0 Å². The number of carbonyl (C=O) groups excluding carboxylic acids is 2. The summed E-state index contributed by atoms with van der Waals surface area (Å²) in [6.45, 7) is 6.65. The van der Waals surface area contributed by atoms with E-state index in [1.165, 1.54) is 0 Å². The first kappa shape index (κ1) is 17.5. The standard InChI is InChI=1S/C19H26N2O5/c1-14-2-7-26-16(14)18(23)21-12-15(17(22)20-5-10-25-11-6-20)19(13-21)3-8-24-9-4-19/h2,7,15H,3-6,8-13H2,1H3/t15-/m1/s1. The molecule has 0 aromatic carbocycles. The minimum Gasteiger partial charge on any atom is -0.459 e. The molecule has 0 aliphatic carbocycles. The Labute approximate surface area is 153 Å². The van der Waals surface area contributed by atoms with Crippen molar-refractivity contribution in [3.63, 3.8) is 0 Å². The van der Waals surface area contributed by atoms with E-state index < -0.39 is 0 Å². The van der Waals surface area contributed by atoms with Crippen molar-refractivity contribution in [3.8, 4) is 0 Å². The zero-order chi connectivity index (χ0) is 18.1. The smallest absolute Gasteiger partial charge is 0.289 e. The minimum absolute atomic E-state index is 0.115. The lowest BCUT2D eigenvalue weighted by Crippen LogP contribution is -2.49. The first-order valence-electron chi connectivity index (χ1n) is 9.38. The summed E-state index contributed by atoms with van der Waals surface area (Å²) < 4.78 is 16.3. The van der Waals surface area contributed by atoms with Crippen molar-refractivity contribution in [2.45, 2.75) is 19.8 Å². The number of hydrogen-bond donors (Lipinski definition) is 0. The van der Waals surface area contributed by atoms with Crippen LogP contribution in [0.3, 0.4) is 0 Å². The number of morpholine rings is 1. The van der Waals surface area contributed by atoms with E-state index in [1.54, 1.807) is 17.2 Å². The molecule has 3 aliphatic rings. The molecule has 1 aromatic rings. The highest BCUT2D eigenvalue weighted by molar-refractivity contribution is 5.94. The third kappa shape index (κ3) is 3.03. The molecular formula is C19H26N2O5. The average molecular weight is 362 g/mol. The third-order valence-electron chi connectivity index (χ3n) is 6.10. The van der Waals surface area contributed by atoms with Gasteiger partial charge in [-0.25, -0.2) is 0 Å². The van der Waals surface area contributed by atoms with Gasteiger partial charge in [0.25, 0.3) is 5.91 Å². The summed E-state index contributed by atoms with van der Waals surface area (Å²) in [7, 11) is 0. The molecule has 4 heterocycles. The Balaban J connectivity index is 1.57. The SMILES string of the molecule is Cc1ccoc1C(=O)N1C[C@H](C(=O)N2CCOCC2)C2(CCOCC2)C1. The number of aryl methyl sites for hydroxylation is 1. The van der Waals surface area contributed by atoms with Crippen molar-refractivity contribution in [2.24, 2.45) is 11.3 Å². The van der Waals surface area contributed by atoms with Gasteiger partial charge in [0.1, 0.15) is 0 Å². The van der Waals surface area contributed by atoms with E-state index in [9.17, 15) is 9.59 Å². The van der Waals surface area contributed by atoms with Crippen molar-refractivity contribution >= 4 is 11.8 Å². The van der Waals surface area contributed by atoms with Crippen molar-refractivity contribution in [3.05, 3.63) is 23.7 Å². The number of likely N-dealkylation sites (tertiary alicyclic amines) is 1.